The highest BCUT2D eigenvalue weighted by Gasteiger charge is 2.04. The van der Waals surface area contributed by atoms with Crippen molar-refractivity contribution in [2.24, 2.45) is 5.73 Å². The lowest BCUT2D eigenvalue weighted by Crippen LogP contribution is -2.11. The number of aryl methyl sites for hydroxylation is 2. The van der Waals surface area contributed by atoms with E-state index in [0.29, 0.717) is 4.99 Å². The molecule has 1 heterocycles. The number of hydrogen-bond donors (Lipinski definition) is 2. The summed E-state index contributed by atoms with van der Waals surface area (Å²) in [5, 5.41) is 4.15. The minimum Gasteiger partial charge on any atom is -0.389 e. The maximum Gasteiger partial charge on any atom is 0.187 e. The molecule has 0 fully saturated rings. The fourth-order valence-electron chi connectivity index (χ4n) is 1.55. The molecule has 17 heavy (non-hydrogen) atoms. The fourth-order valence-corrected chi connectivity index (χ4v) is 2.47. The van der Waals surface area contributed by atoms with Crippen LogP contribution in [0.1, 0.15) is 16.0 Å². The van der Waals surface area contributed by atoms with Gasteiger partial charge in [0.2, 0.25) is 0 Å². The summed E-state index contributed by atoms with van der Waals surface area (Å²) < 4.78 is 0. The van der Waals surface area contributed by atoms with Gasteiger partial charge >= 0.3 is 0 Å². The zero-order valence-electron chi connectivity index (χ0n) is 9.65. The standard InChI is InChI=1S/C12H13N3S2/c1-7-5-9(3-4-10(7)11(13)16)15-12-14-6-8(2)17-12/h3-6H,1-2H3,(H2,13,16)(H,14,15). The molecule has 0 bridgehead atoms. The van der Waals surface area contributed by atoms with E-state index in [-0.39, 0.29) is 0 Å². The quantitative estimate of drug-likeness (QED) is 0.835. The number of nitrogens with two attached hydrogens (primary N) is 1. The smallest absolute Gasteiger partial charge is 0.187 e. The summed E-state index contributed by atoms with van der Waals surface area (Å²) in [5.41, 5.74) is 8.60. The molecule has 1 aromatic heterocycles. The van der Waals surface area contributed by atoms with E-state index in [1.54, 1.807) is 11.3 Å². The zero-order valence-corrected chi connectivity index (χ0v) is 11.3. The summed E-state index contributed by atoms with van der Waals surface area (Å²) >= 11 is 6.60. The minimum absolute atomic E-state index is 0.430. The Morgan fingerprint density at radius 3 is 2.71 bits per heavy atom. The summed E-state index contributed by atoms with van der Waals surface area (Å²) in [6, 6.07) is 5.91. The van der Waals surface area contributed by atoms with Gasteiger partial charge in [-0.3, -0.25) is 0 Å². The van der Waals surface area contributed by atoms with Crippen LogP contribution in [0.15, 0.2) is 24.4 Å². The van der Waals surface area contributed by atoms with Crippen molar-refractivity contribution in [1.29, 1.82) is 0 Å². The van der Waals surface area contributed by atoms with Crippen molar-refractivity contribution < 1.29 is 0 Å². The van der Waals surface area contributed by atoms with E-state index in [1.807, 2.05) is 38.2 Å². The molecule has 0 atom stereocenters. The second-order valence-electron chi connectivity index (χ2n) is 3.80. The number of anilines is 2. The lowest BCUT2D eigenvalue weighted by molar-refractivity contribution is 1.35. The third-order valence-electron chi connectivity index (χ3n) is 2.36. The number of nitrogens with one attached hydrogen (secondary N) is 1. The van der Waals surface area contributed by atoms with Crippen LogP contribution in [-0.4, -0.2) is 9.97 Å². The Morgan fingerprint density at radius 1 is 1.41 bits per heavy atom. The monoisotopic (exact) mass is 263 g/mol. The van der Waals surface area contributed by atoms with Crippen molar-refractivity contribution in [1.82, 2.24) is 4.98 Å². The second-order valence-corrected chi connectivity index (χ2v) is 5.47. The molecule has 0 aliphatic rings. The van der Waals surface area contributed by atoms with Crippen LogP contribution in [-0.2, 0) is 0 Å². The highest BCUT2D eigenvalue weighted by Crippen LogP contribution is 2.23. The number of thiocarbonyl (C=S) groups is 1. The average Bonchev–Trinajstić information content (AvgIpc) is 2.63. The summed E-state index contributed by atoms with van der Waals surface area (Å²) in [6.07, 6.45) is 1.85. The predicted molar refractivity (Wildman–Crippen MR) is 77.2 cm³/mol. The molecule has 0 saturated heterocycles. The van der Waals surface area contributed by atoms with Crippen molar-refractivity contribution >= 4 is 39.4 Å². The molecule has 88 valence electrons. The van der Waals surface area contributed by atoms with Crippen molar-refractivity contribution in [3.63, 3.8) is 0 Å². The molecule has 3 N–H and O–H groups in total. The van der Waals surface area contributed by atoms with Gasteiger partial charge in [-0.2, -0.15) is 0 Å². The number of benzene rings is 1. The Labute approximate surface area is 110 Å². The van der Waals surface area contributed by atoms with Gasteiger partial charge in [0, 0.05) is 22.3 Å². The number of aromatic nitrogens is 1. The highest BCUT2D eigenvalue weighted by atomic mass is 32.1. The van der Waals surface area contributed by atoms with E-state index in [9.17, 15) is 0 Å². The van der Waals surface area contributed by atoms with Crippen LogP contribution in [0.3, 0.4) is 0 Å². The van der Waals surface area contributed by atoms with Gasteiger partial charge in [-0.25, -0.2) is 4.98 Å². The number of hydrogen-bond acceptors (Lipinski definition) is 4. The van der Waals surface area contributed by atoms with Crippen molar-refractivity contribution in [2.45, 2.75) is 13.8 Å². The Balaban J connectivity index is 2.23. The number of rotatable bonds is 3. The van der Waals surface area contributed by atoms with Crippen LogP contribution in [0, 0.1) is 13.8 Å². The van der Waals surface area contributed by atoms with E-state index in [2.05, 4.69) is 10.3 Å². The van der Waals surface area contributed by atoms with Gasteiger partial charge in [-0.15, -0.1) is 11.3 Å². The molecular formula is C12H13N3S2. The first-order valence-corrected chi connectivity index (χ1v) is 6.38. The Morgan fingerprint density at radius 2 is 2.18 bits per heavy atom. The molecule has 1 aromatic carbocycles. The summed E-state index contributed by atoms with van der Waals surface area (Å²) in [6.45, 7) is 4.02. The van der Waals surface area contributed by atoms with Gasteiger partial charge in [0.1, 0.15) is 4.99 Å². The van der Waals surface area contributed by atoms with E-state index < -0.39 is 0 Å². The SMILES string of the molecule is Cc1cnc(Nc2ccc(C(N)=S)c(C)c2)s1. The molecule has 0 unspecified atom stereocenters. The molecule has 0 saturated carbocycles. The van der Waals surface area contributed by atoms with Crippen molar-refractivity contribution in [3.8, 4) is 0 Å². The van der Waals surface area contributed by atoms with Crippen LogP contribution < -0.4 is 11.1 Å². The van der Waals surface area contributed by atoms with Crippen LogP contribution >= 0.6 is 23.6 Å². The normalized spacial score (nSPS) is 10.2. The summed E-state index contributed by atoms with van der Waals surface area (Å²) in [4.78, 5) is 5.87. The van der Waals surface area contributed by atoms with Crippen LogP contribution in [0.2, 0.25) is 0 Å². The first-order chi connectivity index (χ1) is 8.06. The Bertz CT molecular complexity index is 561. The zero-order chi connectivity index (χ0) is 12.4. The van der Waals surface area contributed by atoms with Crippen LogP contribution in [0.4, 0.5) is 10.8 Å². The Kier molecular flexibility index (Phi) is 3.40. The van der Waals surface area contributed by atoms with Gasteiger partial charge in [-0.05, 0) is 37.6 Å². The molecule has 2 rings (SSSR count). The van der Waals surface area contributed by atoms with Crippen LogP contribution in [0.5, 0.6) is 0 Å². The molecule has 0 radical (unpaired) electrons. The van der Waals surface area contributed by atoms with E-state index >= 15 is 0 Å². The van der Waals surface area contributed by atoms with Gasteiger partial charge in [0.25, 0.3) is 0 Å². The molecular weight excluding hydrogens is 250 g/mol. The number of nitrogens with zero attached hydrogens (tertiary/aromatic N) is 1. The van der Waals surface area contributed by atoms with E-state index in [1.165, 1.54) is 4.88 Å². The molecule has 3 nitrogen and oxygen atoms in total. The van der Waals surface area contributed by atoms with Gasteiger partial charge in [-0.1, -0.05) is 12.2 Å². The fraction of sp³-hybridized carbons (Fsp3) is 0.167. The lowest BCUT2D eigenvalue weighted by atomic mass is 10.1. The molecule has 2 aromatic rings. The summed E-state index contributed by atoms with van der Waals surface area (Å²) in [5.74, 6) is 0. The molecule has 0 spiro atoms. The summed E-state index contributed by atoms with van der Waals surface area (Å²) in [7, 11) is 0. The topological polar surface area (TPSA) is 50.9 Å². The number of thiazole rings is 1. The van der Waals surface area contributed by atoms with E-state index in [4.69, 9.17) is 18.0 Å². The minimum atomic E-state index is 0.430. The first-order valence-electron chi connectivity index (χ1n) is 5.16. The molecule has 5 heteroatoms. The molecule has 0 aliphatic carbocycles. The third-order valence-corrected chi connectivity index (χ3v) is 3.41. The Hall–Kier alpha value is -1.46. The molecule has 0 aliphatic heterocycles. The van der Waals surface area contributed by atoms with Gasteiger partial charge < -0.3 is 11.1 Å². The van der Waals surface area contributed by atoms with E-state index in [0.717, 1.165) is 21.9 Å². The maximum atomic E-state index is 5.62. The maximum absolute atomic E-state index is 5.62. The lowest BCUT2D eigenvalue weighted by Gasteiger charge is -2.07. The van der Waals surface area contributed by atoms with Gasteiger partial charge in [0.15, 0.2) is 5.13 Å². The second kappa shape index (κ2) is 4.81. The first kappa shape index (κ1) is 12.0. The third kappa shape index (κ3) is 2.81. The largest absolute Gasteiger partial charge is 0.389 e. The van der Waals surface area contributed by atoms with Crippen molar-refractivity contribution in [2.75, 3.05) is 5.32 Å². The van der Waals surface area contributed by atoms with Crippen LogP contribution in [0.25, 0.3) is 0 Å². The van der Waals surface area contributed by atoms with Crippen molar-refractivity contribution in [3.05, 3.63) is 40.4 Å². The average molecular weight is 263 g/mol. The highest BCUT2D eigenvalue weighted by molar-refractivity contribution is 7.80. The molecule has 0 amide bonds. The van der Waals surface area contributed by atoms with Gasteiger partial charge in [0.05, 0.1) is 0 Å². The predicted octanol–water partition coefficient (Wildman–Crippen LogP) is 3.14.